The van der Waals surface area contributed by atoms with Gasteiger partial charge in [0.1, 0.15) is 0 Å². The Kier molecular flexibility index (Phi) is 7.25. The van der Waals surface area contributed by atoms with E-state index in [1.165, 1.54) is 12.1 Å². The van der Waals surface area contributed by atoms with Crippen LogP contribution in [-0.4, -0.2) is 25.0 Å². The van der Waals surface area contributed by atoms with Gasteiger partial charge in [0.15, 0.2) is 18.1 Å². The second kappa shape index (κ2) is 9.63. The van der Waals surface area contributed by atoms with Gasteiger partial charge in [-0.2, -0.15) is 13.2 Å². The summed E-state index contributed by atoms with van der Waals surface area (Å²) in [5.74, 6) is -0.452. The first kappa shape index (κ1) is 21.1. The van der Waals surface area contributed by atoms with E-state index in [1.54, 1.807) is 24.3 Å². The second-order valence-electron chi connectivity index (χ2n) is 5.64. The number of benzene rings is 2. The zero-order valence-electron chi connectivity index (χ0n) is 15.0. The molecule has 0 aromatic heterocycles. The molecule has 0 aliphatic heterocycles. The number of para-hydroxylation sites is 2. The number of carbonyl (C=O) groups excluding carboxylic acids is 2. The molecule has 9 heteroatoms. The zero-order valence-corrected chi connectivity index (χ0v) is 15.0. The number of nitrogens with one attached hydrogen (secondary N) is 2. The molecule has 2 amide bonds. The molecule has 0 saturated heterocycles. The molecule has 2 N–H and O–H groups in total. The van der Waals surface area contributed by atoms with Crippen LogP contribution in [0.5, 0.6) is 11.5 Å². The summed E-state index contributed by atoms with van der Waals surface area (Å²) < 4.78 is 48.7. The number of ether oxygens (including phenoxy) is 2. The highest BCUT2D eigenvalue weighted by Crippen LogP contribution is 2.29. The van der Waals surface area contributed by atoms with Crippen molar-refractivity contribution >= 4 is 11.8 Å². The lowest BCUT2D eigenvalue weighted by Crippen LogP contribution is -2.44. The Morgan fingerprint density at radius 3 is 2.21 bits per heavy atom. The van der Waals surface area contributed by atoms with Crippen molar-refractivity contribution in [1.82, 2.24) is 10.9 Å². The van der Waals surface area contributed by atoms with E-state index in [0.717, 1.165) is 12.1 Å². The van der Waals surface area contributed by atoms with Gasteiger partial charge in [-0.25, -0.2) is 0 Å². The minimum atomic E-state index is -4.49. The van der Waals surface area contributed by atoms with Crippen LogP contribution >= 0.6 is 0 Å². The van der Waals surface area contributed by atoms with Gasteiger partial charge >= 0.3 is 6.18 Å². The molecule has 0 spiro atoms. The smallest absolute Gasteiger partial charge is 0.416 e. The Labute approximate surface area is 159 Å². The van der Waals surface area contributed by atoms with E-state index in [-0.39, 0.29) is 18.6 Å². The molecule has 0 bridgehead atoms. The largest absolute Gasteiger partial charge is 0.490 e. The van der Waals surface area contributed by atoms with Crippen molar-refractivity contribution in [2.24, 2.45) is 0 Å². The summed E-state index contributed by atoms with van der Waals surface area (Å²) in [4.78, 5) is 23.6. The number of amides is 2. The molecule has 0 aliphatic rings. The van der Waals surface area contributed by atoms with Gasteiger partial charge < -0.3 is 9.47 Å². The minimum Gasteiger partial charge on any atom is -0.490 e. The summed E-state index contributed by atoms with van der Waals surface area (Å²) >= 11 is 0. The first-order valence-corrected chi connectivity index (χ1v) is 8.38. The van der Waals surface area contributed by atoms with Gasteiger partial charge in [0, 0.05) is 0 Å². The SMILES string of the molecule is CCOc1ccccc1OCC(=O)NNC(=O)Cc1cccc(C(F)(F)F)c1. The third-order valence-corrected chi connectivity index (χ3v) is 3.47. The fourth-order valence-corrected chi connectivity index (χ4v) is 2.25. The normalized spacial score (nSPS) is 10.9. The standard InChI is InChI=1S/C19H19F3N2O4/c1-2-27-15-8-3-4-9-16(15)28-12-18(26)24-23-17(25)11-13-6-5-7-14(10-13)19(20,21)22/h3-10H,2,11-12H2,1H3,(H,23,25)(H,24,26). The molecule has 2 aromatic carbocycles. The number of hydrogen-bond acceptors (Lipinski definition) is 4. The summed E-state index contributed by atoms with van der Waals surface area (Å²) in [6.45, 7) is 1.86. The van der Waals surface area contributed by atoms with E-state index in [0.29, 0.717) is 18.1 Å². The van der Waals surface area contributed by atoms with Crippen molar-refractivity contribution in [3.05, 3.63) is 59.7 Å². The lowest BCUT2D eigenvalue weighted by Gasteiger charge is -2.12. The zero-order chi connectivity index (χ0) is 20.6. The van der Waals surface area contributed by atoms with Crippen LogP contribution in [0.3, 0.4) is 0 Å². The number of carbonyl (C=O) groups is 2. The van der Waals surface area contributed by atoms with Crippen LogP contribution in [-0.2, 0) is 22.2 Å². The van der Waals surface area contributed by atoms with Crippen molar-refractivity contribution in [2.75, 3.05) is 13.2 Å². The average Bonchev–Trinajstić information content (AvgIpc) is 2.65. The number of rotatable bonds is 7. The number of alkyl halides is 3. The molecule has 28 heavy (non-hydrogen) atoms. The van der Waals surface area contributed by atoms with Crippen molar-refractivity contribution < 1.29 is 32.2 Å². The highest BCUT2D eigenvalue weighted by molar-refractivity contribution is 5.83. The van der Waals surface area contributed by atoms with Crippen molar-refractivity contribution in [1.29, 1.82) is 0 Å². The van der Waals surface area contributed by atoms with Crippen molar-refractivity contribution in [2.45, 2.75) is 19.5 Å². The lowest BCUT2D eigenvalue weighted by molar-refractivity contribution is -0.137. The Hall–Kier alpha value is -3.23. The van der Waals surface area contributed by atoms with Crippen LogP contribution < -0.4 is 20.3 Å². The van der Waals surface area contributed by atoms with Gasteiger partial charge in [-0.1, -0.05) is 30.3 Å². The Morgan fingerprint density at radius 1 is 0.929 bits per heavy atom. The topological polar surface area (TPSA) is 76.7 Å². The van der Waals surface area contributed by atoms with E-state index >= 15 is 0 Å². The fraction of sp³-hybridized carbons (Fsp3) is 0.263. The number of hydrazine groups is 1. The average molecular weight is 396 g/mol. The van der Waals surface area contributed by atoms with E-state index in [4.69, 9.17) is 9.47 Å². The second-order valence-corrected chi connectivity index (χ2v) is 5.64. The molecular weight excluding hydrogens is 377 g/mol. The Morgan fingerprint density at radius 2 is 1.57 bits per heavy atom. The van der Waals surface area contributed by atoms with Crippen LogP contribution in [0.4, 0.5) is 13.2 Å². The van der Waals surface area contributed by atoms with Gasteiger partial charge in [0.2, 0.25) is 5.91 Å². The van der Waals surface area contributed by atoms with Gasteiger partial charge in [0.05, 0.1) is 18.6 Å². The monoisotopic (exact) mass is 396 g/mol. The van der Waals surface area contributed by atoms with Crippen molar-refractivity contribution in [3.8, 4) is 11.5 Å². The molecule has 0 unspecified atom stereocenters. The van der Waals surface area contributed by atoms with E-state index in [2.05, 4.69) is 10.9 Å². The molecule has 0 atom stereocenters. The Bertz CT molecular complexity index is 825. The molecule has 0 fully saturated rings. The summed E-state index contributed by atoms with van der Waals surface area (Å²) in [6.07, 6.45) is -4.81. The molecular formula is C19H19F3N2O4. The quantitative estimate of drug-likeness (QED) is 0.706. The van der Waals surface area contributed by atoms with Gasteiger partial charge in [0.25, 0.3) is 5.91 Å². The van der Waals surface area contributed by atoms with Crippen LogP contribution in [0.15, 0.2) is 48.5 Å². The van der Waals surface area contributed by atoms with E-state index in [9.17, 15) is 22.8 Å². The molecule has 150 valence electrons. The summed E-state index contributed by atoms with van der Waals surface area (Å²) in [7, 11) is 0. The molecule has 0 aliphatic carbocycles. The van der Waals surface area contributed by atoms with Crippen LogP contribution in [0.25, 0.3) is 0 Å². The lowest BCUT2D eigenvalue weighted by atomic mass is 10.1. The van der Waals surface area contributed by atoms with E-state index < -0.39 is 23.6 Å². The number of halogens is 3. The first-order chi connectivity index (χ1) is 13.3. The Balaban J connectivity index is 1.81. The summed E-state index contributed by atoms with van der Waals surface area (Å²) in [5.41, 5.74) is 3.60. The molecule has 0 saturated carbocycles. The molecule has 0 heterocycles. The third-order valence-electron chi connectivity index (χ3n) is 3.47. The molecule has 2 aromatic rings. The molecule has 6 nitrogen and oxygen atoms in total. The van der Waals surface area contributed by atoms with Gasteiger partial charge in [-0.05, 0) is 30.7 Å². The molecule has 0 radical (unpaired) electrons. The van der Waals surface area contributed by atoms with Crippen molar-refractivity contribution in [3.63, 3.8) is 0 Å². The van der Waals surface area contributed by atoms with Crippen LogP contribution in [0, 0.1) is 0 Å². The van der Waals surface area contributed by atoms with Gasteiger partial charge in [-0.3, -0.25) is 20.4 Å². The van der Waals surface area contributed by atoms with Gasteiger partial charge in [-0.15, -0.1) is 0 Å². The maximum absolute atomic E-state index is 12.7. The fourth-order valence-electron chi connectivity index (χ4n) is 2.25. The molecule has 2 rings (SSSR count). The van der Waals surface area contributed by atoms with Crippen LogP contribution in [0.1, 0.15) is 18.1 Å². The summed E-state index contributed by atoms with van der Waals surface area (Å²) in [6, 6.07) is 11.2. The summed E-state index contributed by atoms with van der Waals surface area (Å²) in [5, 5.41) is 0. The van der Waals surface area contributed by atoms with Crippen LogP contribution in [0.2, 0.25) is 0 Å². The first-order valence-electron chi connectivity index (χ1n) is 8.38. The highest BCUT2D eigenvalue weighted by Gasteiger charge is 2.30. The minimum absolute atomic E-state index is 0.170. The predicted molar refractivity (Wildman–Crippen MR) is 94.5 cm³/mol. The van der Waals surface area contributed by atoms with E-state index in [1.807, 2.05) is 6.92 Å². The maximum Gasteiger partial charge on any atom is 0.416 e. The highest BCUT2D eigenvalue weighted by atomic mass is 19.4. The third kappa shape index (κ3) is 6.49. The maximum atomic E-state index is 12.7. The number of hydrogen-bond donors (Lipinski definition) is 2. The predicted octanol–water partition coefficient (Wildman–Crippen LogP) is 2.87.